The van der Waals surface area contributed by atoms with E-state index < -0.39 is 0 Å². The van der Waals surface area contributed by atoms with Crippen LogP contribution in [0.3, 0.4) is 0 Å². The summed E-state index contributed by atoms with van der Waals surface area (Å²) in [5.74, 6) is 1.36. The molecule has 0 radical (unpaired) electrons. The van der Waals surface area contributed by atoms with E-state index in [1.54, 1.807) is 19.4 Å². The molecule has 110 valence electrons. The summed E-state index contributed by atoms with van der Waals surface area (Å²) in [6, 6.07) is 5.90. The number of hydrogen-bond donors (Lipinski definition) is 0. The lowest BCUT2D eigenvalue weighted by atomic mass is 10.2. The Morgan fingerprint density at radius 1 is 1.05 bits per heavy atom. The van der Waals surface area contributed by atoms with Gasteiger partial charge in [-0.25, -0.2) is 4.98 Å². The zero-order valence-electron chi connectivity index (χ0n) is 12.1. The Bertz CT molecular complexity index is 569. The summed E-state index contributed by atoms with van der Waals surface area (Å²) in [6.45, 7) is 4.83. The lowest BCUT2D eigenvalue weighted by Gasteiger charge is -2.34. The number of rotatable bonds is 4. The molecule has 0 aliphatic carbocycles. The number of piperazine rings is 1. The van der Waals surface area contributed by atoms with Crippen molar-refractivity contribution in [3.05, 3.63) is 42.4 Å². The Kier molecular flexibility index (Phi) is 4.25. The van der Waals surface area contributed by atoms with Gasteiger partial charge in [0.25, 0.3) is 0 Å². The number of nitrogens with zero attached hydrogens (tertiary/aromatic N) is 5. The van der Waals surface area contributed by atoms with Crippen molar-refractivity contribution in [2.75, 3.05) is 38.2 Å². The first-order valence-corrected chi connectivity index (χ1v) is 7.08. The predicted molar refractivity (Wildman–Crippen MR) is 80.3 cm³/mol. The third-order valence-electron chi connectivity index (χ3n) is 3.64. The number of pyridine rings is 1. The van der Waals surface area contributed by atoms with Gasteiger partial charge in [0.2, 0.25) is 11.8 Å². The smallest absolute Gasteiger partial charge is 0.228 e. The van der Waals surface area contributed by atoms with E-state index >= 15 is 0 Å². The van der Waals surface area contributed by atoms with Crippen molar-refractivity contribution in [1.82, 2.24) is 19.9 Å². The number of ether oxygens (including phenoxy) is 1. The molecule has 0 atom stereocenters. The van der Waals surface area contributed by atoms with Crippen LogP contribution < -0.4 is 9.64 Å². The van der Waals surface area contributed by atoms with Gasteiger partial charge >= 0.3 is 0 Å². The fourth-order valence-corrected chi connectivity index (χ4v) is 2.45. The Morgan fingerprint density at radius 3 is 2.52 bits per heavy atom. The lowest BCUT2D eigenvalue weighted by Crippen LogP contribution is -2.46. The van der Waals surface area contributed by atoms with Gasteiger partial charge in [-0.05, 0) is 17.7 Å². The van der Waals surface area contributed by atoms with Crippen LogP contribution in [0.15, 0.2) is 36.8 Å². The van der Waals surface area contributed by atoms with Gasteiger partial charge in [-0.1, -0.05) is 0 Å². The minimum Gasteiger partial charge on any atom is -0.481 e. The summed E-state index contributed by atoms with van der Waals surface area (Å²) >= 11 is 0. The monoisotopic (exact) mass is 285 g/mol. The Labute approximate surface area is 124 Å². The van der Waals surface area contributed by atoms with Gasteiger partial charge in [0.05, 0.1) is 7.11 Å². The fourth-order valence-electron chi connectivity index (χ4n) is 2.45. The molecule has 1 fully saturated rings. The Hall–Kier alpha value is -2.21. The Morgan fingerprint density at radius 2 is 1.81 bits per heavy atom. The summed E-state index contributed by atoms with van der Waals surface area (Å²) in [6.07, 6.45) is 5.43. The SMILES string of the molecule is COc1ccnc(N2CCN(Cc3ccncc3)CC2)n1. The van der Waals surface area contributed by atoms with Gasteiger partial charge in [0.1, 0.15) is 0 Å². The van der Waals surface area contributed by atoms with Crippen molar-refractivity contribution >= 4 is 5.95 Å². The van der Waals surface area contributed by atoms with E-state index in [0.29, 0.717) is 5.88 Å². The highest BCUT2D eigenvalue weighted by molar-refractivity contribution is 5.32. The third kappa shape index (κ3) is 3.46. The second-order valence-electron chi connectivity index (χ2n) is 5.02. The summed E-state index contributed by atoms with van der Waals surface area (Å²) in [5, 5.41) is 0. The van der Waals surface area contributed by atoms with E-state index in [0.717, 1.165) is 38.7 Å². The van der Waals surface area contributed by atoms with E-state index in [1.807, 2.05) is 12.4 Å². The molecule has 21 heavy (non-hydrogen) atoms. The van der Waals surface area contributed by atoms with Crippen LogP contribution in [0.25, 0.3) is 0 Å². The second-order valence-corrected chi connectivity index (χ2v) is 5.02. The molecule has 0 bridgehead atoms. The van der Waals surface area contributed by atoms with Crippen LogP contribution in [0.5, 0.6) is 5.88 Å². The molecule has 2 aromatic heterocycles. The first-order chi connectivity index (χ1) is 10.3. The average molecular weight is 285 g/mol. The Balaban J connectivity index is 1.57. The number of methoxy groups -OCH3 is 1. The highest BCUT2D eigenvalue weighted by Gasteiger charge is 2.19. The molecule has 2 aromatic rings. The van der Waals surface area contributed by atoms with E-state index in [1.165, 1.54) is 5.56 Å². The number of hydrogen-bond acceptors (Lipinski definition) is 6. The summed E-state index contributed by atoms with van der Waals surface area (Å²) in [5.41, 5.74) is 1.30. The molecule has 0 N–H and O–H groups in total. The van der Waals surface area contributed by atoms with Crippen molar-refractivity contribution in [1.29, 1.82) is 0 Å². The number of anilines is 1. The standard InChI is InChI=1S/C15H19N5O/c1-21-14-4-7-17-15(18-14)20-10-8-19(9-11-20)12-13-2-5-16-6-3-13/h2-7H,8-12H2,1H3. The van der Waals surface area contributed by atoms with Crippen molar-refractivity contribution in [2.24, 2.45) is 0 Å². The second kappa shape index (κ2) is 6.49. The first kappa shape index (κ1) is 13.8. The van der Waals surface area contributed by atoms with Crippen LogP contribution in [0.2, 0.25) is 0 Å². The van der Waals surface area contributed by atoms with E-state index in [-0.39, 0.29) is 0 Å². The minimum absolute atomic E-state index is 0.610. The van der Waals surface area contributed by atoms with Crippen LogP contribution in [-0.2, 0) is 6.54 Å². The first-order valence-electron chi connectivity index (χ1n) is 7.08. The van der Waals surface area contributed by atoms with Crippen LogP contribution >= 0.6 is 0 Å². The van der Waals surface area contributed by atoms with Crippen LogP contribution in [0.4, 0.5) is 5.95 Å². The highest BCUT2D eigenvalue weighted by atomic mass is 16.5. The molecule has 0 aromatic carbocycles. The molecule has 6 heteroatoms. The summed E-state index contributed by atoms with van der Waals surface area (Å²) in [4.78, 5) is 17.4. The van der Waals surface area contributed by atoms with Gasteiger partial charge in [0.15, 0.2) is 0 Å². The molecule has 0 saturated carbocycles. The van der Waals surface area contributed by atoms with Crippen LogP contribution in [0.1, 0.15) is 5.56 Å². The topological polar surface area (TPSA) is 54.4 Å². The van der Waals surface area contributed by atoms with Gasteiger partial charge in [0, 0.05) is 57.4 Å². The summed E-state index contributed by atoms with van der Waals surface area (Å²) < 4.78 is 5.15. The molecular weight excluding hydrogens is 266 g/mol. The third-order valence-corrected chi connectivity index (χ3v) is 3.64. The maximum Gasteiger partial charge on any atom is 0.228 e. The van der Waals surface area contributed by atoms with Crippen molar-refractivity contribution in [2.45, 2.75) is 6.54 Å². The quantitative estimate of drug-likeness (QED) is 0.841. The van der Waals surface area contributed by atoms with Crippen molar-refractivity contribution in [3.63, 3.8) is 0 Å². The van der Waals surface area contributed by atoms with Gasteiger partial charge in [-0.15, -0.1) is 0 Å². The van der Waals surface area contributed by atoms with E-state index in [9.17, 15) is 0 Å². The van der Waals surface area contributed by atoms with Crippen LogP contribution in [0, 0.1) is 0 Å². The molecule has 3 heterocycles. The molecular formula is C15H19N5O. The molecule has 3 rings (SSSR count). The molecule has 6 nitrogen and oxygen atoms in total. The molecule has 1 aliphatic rings. The highest BCUT2D eigenvalue weighted by Crippen LogP contribution is 2.15. The van der Waals surface area contributed by atoms with Crippen LogP contribution in [-0.4, -0.2) is 53.1 Å². The van der Waals surface area contributed by atoms with Gasteiger partial charge < -0.3 is 9.64 Å². The minimum atomic E-state index is 0.610. The van der Waals surface area contributed by atoms with Gasteiger partial charge in [-0.3, -0.25) is 9.88 Å². The zero-order chi connectivity index (χ0) is 14.5. The maximum atomic E-state index is 5.15. The molecule has 1 aliphatic heterocycles. The molecule has 0 unspecified atom stereocenters. The summed E-state index contributed by atoms with van der Waals surface area (Å²) in [7, 11) is 1.62. The zero-order valence-corrected chi connectivity index (χ0v) is 12.1. The molecule has 1 saturated heterocycles. The van der Waals surface area contributed by atoms with Gasteiger partial charge in [-0.2, -0.15) is 4.98 Å². The fraction of sp³-hybridized carbons (Fsp3) is 0.400. The van der Waals surface area contributed by atoms with E-state index in [2.05, 4.69) is 36.9 Å². The molecule has 0 amide bonds. The van der Waals surface area contributed by atoms with Crippen molar-refractivity contribution < 1.29 is 4.74 Å². The average Bonchev–Trinajstić information content (AvgIpc) is 2.56. The normalized spacial score (nSPS) is 16.0. The van der Waals surface area contributed by atoms with E-state index in [4.69, 9.17) is 4.74 Å². The largest absolute Gasteiger partial charge is 0.481 e. The lowest BCUT2D eigenvalue weighted by molar-refractivity contribution is 0.248. The number of aromatic nitrogens is 3. The maximum absolute atomic E-state index is 5.15. The van der Waals surface area contributed by atoms with Crippen molar-refractivity contribution in [3.8, 4) is 5.88 Å². The molecule has 0 spiro atoms. The predicted octanol–water partition coefficient (Wildman–Crippen LogP) is 1.20.